The Labute approximate surface area is 140 Å². The molecule has 0 aliphatic carbocycles. The second kappa shape index (κ2) is 8.67. The maximum Gasteiger partial charge on any atom is 0.273 e. The van der Waals surface area contributed by atoms with Crippen LogP contribution >= 0.6 is 0 Å². The fraction of sp³-hybridized carbons (Fsp3) is 0.278. The van der Waals surface area contributed by atoms with E-state index in [1.54, 1.807) is 18.2 Å². The number of hydrogen-bond acceptors (Lipinski definition) is 4. The van der Waals surface area contributed by atoms with Crippen LogP contribution in [0.15, 0.2) is 48.5 Å². The van der Waals surface area contributed by atoms with Crippen LogP contribution < -0.4 is 10.1 Å². The van der Waals surface area contributed by atoms with Crippen molar-refractivity contribution in [3.8, 4) is 5.75 Å². The molecule has 6 nitrogen and oxygen atoms in total. The summed E-state index contributed by atoms with van der Waals surface area (Å²) in [5, 5.41) is 13.7. The van der Waals surface area contributed by atoms with Crippen LogP contribution in [0.4, 0.5) is 5.69 Å². The zero-order valence-corrected chi connectivity index (χ0v) is 13.5. The zero-order valence-electron chi connectivity index (χ0n) is 13.5. The first-order chi connectivity index (χ1) is 11.6. The van der Waals surface area contributed by atoms with Gasteiger partial charge >= 0.3 is 0 Å². The van der Waals surface area contributed by atoms with Gasteiger partial charge in [0.1, 0.15) is 5.75 Å². The minimum absolute atomic E-state index is 0.00408. The highest BCUT2D eigenvalue weighted by Crippen LogP contribution is 2.18. The summed E-state index contributed by atoms with van der Waals surface area (Å²) in [5.74, 6) is 0.570. The predicted molar refractivity (Wildman–Crippen MR) is 91.1 cm³/mol. The predicted octanol–water partition coefficient (Wildman–Crippen LogP) is 3.03. The van der Waals surface area contributed by atoms with Crippen LogP contribution in [0, 0.1) is 17.0 Å². The van der Waals surface area contributed by atoms with E-state index in [1.807, 2.05) is 31.2 Å². The van der Waals surface area contributed by atoms with E-state index >= 15 is 0 Å². The molecule has 0 bridgehead atoms. The number of nitro groups is 1. The molecule has 0 atom stereocenters. The molecule has 1 N–H and O–H groups in total. The number of carbonyl (C=O) groups is 1. The summed E-state index contributed by atoms with van der Waals surface area (Å²) in [5.41, 5.74) is 1.51. The topological polar surface area (TPSA) is 81.5 Å². The summed E-state index contributed by atoms with van der Waals surface area (Å²) >= 11 is 0. The summed E-state index contributed by atoms with van der Waals surface area (Å²) in [7, 11) is 0. The quantitative estimate of drug-likeness (QED) is 0.459. The fourth-order valence-electron chi connectivity index (χ4n) is 2.27. The molecule has 2 rings (SSSR count). The molecule has 0 aromatic heterocycles. The molecule has 0 unspecified atom stereocenters. The maximum absolute atomic E-state index is 11.9. The molecule has 6 heteroatoms. The average Bonchev–Trinajstić information content (AvgIpc) is 2.55. The number of amides is 1. The van der Waals surface area contributed by atoms with E-state index in [-0.39, 0.29) is 18.0 Å². The third-order valence-corrected chi connectivity index (χ3v) is 3.44. The van der Waals surface area contributed by atoms with Crippen LogP contribution in [-0.2, 0) is 11.2 Å². The highest BCUT2D eigenvalue weighted by Gasteiger charge is 2.14. The Morgan fingerprint density at radius 1 is 1.21 bits per heavy atom. The van der Waals surface area contributed by atoms with E-state index < -0.39 is 4.92 Å². The van der Waals surface area contributed by atoms with Crippen molar-refractivity contribution < 1.29 is 14.5 Å². The molecule has 0 aliphatic heterocycles. The first-order valence-electron chi connectivity index (χ1n) is 7.75. The lowest BCUT2D eigenvalue weighted by Crippen LogP contribution is -2.27. The molecule has 0 fully saturated rings. The van der Waals surface area contributed by atoms with Gasteiger partial charge in [0.25, 0.3) is 5.69 Å². The Morgan fingerprint density at radius 2 is 2.00 bits per heavy atom. The zero-order chi connectivity index (χ0) is 17.4. The molecule has 126 valence electrons. The van der Waals surface area contributed by atoms with E-state index in [1.165, 1.54) is 6.07 Å². The number of ether oxygens (including phenoxy) is 1. The van der Waals surface area contributed by atoms with E-state index in [2.05, 4.69) is 5.32 Å². The number of rotatable bonds is 8. The molecule has 24 heavy (non-hydrogen) atoms. The Hall–Kier alpha value is -2.89. The molecule has 2 aromatic rings. The van der Waals surface area contributed by atoms with Crippen LogP contribution in [0.1, 0.15) is 17.5 Å². The van der Waals surface area contributed by atoms with E-state index in [4.69, 9.17) is 4.74 Å². The van der Waals surface area contributed by atoms with Gasteiger partial charge in [-0.3, -0.25) is 14.9 Å². The number of nitro benzene ring substituents is 1. The van der Waals surface area contributed by atoms with Crippen LogP contribution in [0.2, 0.25) is 0 Å². The summed E-state index contributed by atoms with van der Waals surface area (Å²) in [6.07, 6.45) is 0.659. The largest absolute Gasteiger partial charge is 0.494 e. The van der Waals surface area contributed by atoms with Gasteiger partial charge in [0.15, 0.2) is 0 Å². The Kier molecular flexibility index (Phi) is 6.31. The number of hydrogen-bond donors (Lipinski definition) is 1. The van der Waals surface area contributed by atoms with Crippen LogP contribution in [0.3, 0.4) is 0 Å². The molecule has 0 radical (unpaired) electrons. The average molecular weight is 328 g/mol. The van der Waals surface area contributed by atoms with Crippen LogP contribution in [0.5, 0.6) is 5.75 Å². The van der Waals surface area contributed by atoms with Crippen molar-refractivity contribution in [1.82, 2.24) is 5.32 Å². The number of carbonyl (C=O) groups excluding carboxylic acids is 1. The molecule has 1 amide bonds. The minimum Gasteiger partial charge on any atom is -0.494 e. The monoisotopic (exact) mass is 328 g/mol. The highest BCUT2D eigenvalue weighted by atomic mass is 16.6. The first kappa shape index (κ1) is 17.5. The van der Waals surface area contributed by atoms with Crippen LogP contribution in [0.25, 0.3) is 0 Å². The molecular weight excluding hydrogens is 308 g/mol. The number of aryl methyl sites for hydroxylation is 1. The normalized spacial score (nSPS) is 10.2. The molecule has 0 heterocycles. The Morgan fingerprint density at radius 3 is 2.75 bits per heavy atom. The van der Waals surface area contributed by atoms with Crippen LogP contribution in [-0.4, -0.2) is 24.0 Å². The molecule has 0 spiro atoms. The smallest absolute Gasteiger partial charge is 0.273 e. The SMILES string of the molecule is Cc1cccc(OCCCNC(=O)Cc2ccccc2[N+](=O)[O-])c1. The highest BCUT2D eigenvalue weighted by molar-refractivity contribution is 5.79. The Balaban J connectivity index is 1.71. The first-order valence-corrected chi connectivity index (χ1v) is 7.75. The summed E-state index contributed by atoms with van der Waals surface area (Å²) in [6.45, 7) is 2.95. The van der Waals surface area contributed by atoms with Crippen molar-refractivity contribution >= 4 is 11.6 Å². The van der Waals surface area contributed by atoms with Crippen molar-refractivity contribution in [2.75, 3.05) is 13.2 Å². The van der Waals surface area contributed by atoms with Gasteiger partial charge in [0.05, 0.1) is 18.0 Å². The number of nitrogens with zero attached hydrogens (tertiary/aromatic N) is 1. The molecule has 0 saturated carbocycles. The van der Waals surface area contributed by atoms with Crippen molar-refractivity contribution in [3.63, 3.8) is 0 Å². The van der Waals surface area contributed by atoms with Crippen molar-refractivity contribution in [2.24, 2.45) is 0 Å². The third kappa shape index (κ3) is 5.39. The summed E-state index contributed by atoms with van der Waals surface area (Å²) in [6, 6.07) is 14.0. The van der Waals surface area contributed by atoms with E-state index in [0.29, 0.717) is 25.1 Å². The standard InChI is InChI=1S/C18H20N2O4/c1-14-6-4-8-16(12-14)24-11-5-10-19-18(21)13-15-7-2-3-9-17(15)20(22)23/h2-4,6-9,12H,5,10-11,13H2,1H3,(H,19,21). The lowest BCUT2D eigenvalue weighted by Gasteiger charge is -2.08. The molecular formula is C18H20N2O4. The van der Waals surface area contributed by atoms with Crippen molar-refractivity contribution in [3.05, 3.63) is 69.8 Å². The van der Waals surface area contributed by atoms with Crippen molar-refractivity contribution in [2.45, 2.75) is 19.8 Å². The van der Waals surface area contributed by atoms with Gasteiger partial charge in [-0.15, -0.1) is 0 Å². The summed E-state index contributed by atoms with van der Waals surface area (Å²) < 4.78 is 5.60. The van der Waals surface area contributed by atoms with E-state index in [9.17, 15) is 14.9 Å². The van der Waals surface area contributed by atoms with Gasteiger partial charge in [-0.1, -0.05) is 30.3 Å². The lowest BCUT2D eigenvalue weighted by atomic mass is 10.1. The third-order valence-electron chi connectivity index (χ3n) is 3.44. The number of benzene rings is 2. The Bertz CT molecular complexity index is 716. The van der Waals surface area contributed by atoms with Gasteiger partial charge in [-0.2, -0.15) is 0 Å². The molecule has 2 aromatic carbocycles. The molecule has 0 aliphatic rings. The van der Waals surface area contributed by atoms with Gasteiger partial charge < -0.3 is 10.1 Å². The minimum atomic E-state index is -0.474. The molecule has 0 saturated heterocycles. The number of para-hydroxylation sites is 1. The van der Waals surface area contributed by atoms with Gasteiger partial charge in [0, 0.05) is 18.2 Å². The lowest BCUT2D eigenvalue weighted by molar-refractivity contribution is -0.385. The second-order valence-electron chi connectivity index (χ2n) is 5.43. The maximum atomic E-state index is 11.9. The summed E-state index contributed by atoms with van der Waals surface area (Å²) in [4.78, 5) is 22.3. The van der Waals surface area contributed by atoms with Crippen molar-refractivity contribution in [1.29, 1.82) is 0 Å². The fourth-order valence-corrected chi connectivity index (χ4v) is 2.27. The van der Waals surface area contributed by atoms with E-state index in [0.717, 1.165) is 11.3 Å². The van der Waals surface area contributed by atoms with Gasteiger partial charge in [0.2, 0.25) is 5.91 Å². The second-order valence-corrected chi connectivity index (χ2v) is 5.43. The van der Waals surface area contributed by atoms with Gasteiger partial charge in [-0.05, 0) is 31.0 Å². The van der Waals surface area contributed by atoms with Gasteiger partial charge in [-0.25, -0.2) is 0 Å². The number of nitrogens with one attached hydrogen (secondary N) is 1.